The van der Waals surface area contributed by atoms with Gasteiger partial charge in [-0.2, -0.15) is 0 Å². The molecule has 314 valence electrons. The number of ether oxygens (including phenoxy) is 4. The molecule has 0 heterocycles. The van der Waals surface area contributed by atoms with E-state index in [0.29, 0.717) is 6.42 Å². The third-order valence-corrected chi connectivity index (χ3v) is 13.0. The Morgan fingerprint density at radius 2 is 1.59 bits per heavy atom. The Hall–Kier alpha value is -4.63. The number of hydrogen-bond donors (Lipinski definition) is 5. The van der Waals surface area contributed by atoms with Gasteiger partial charge in [0.05, 0.1) is 29.0 Å². The maximum Gasteiger partial charge on any atom is 0.408 e. The Kier molecular flexibility index (Phi) is 8.45. The number of rotatable bonds is 8. The van der Waals surface area contributed by atoms with Gasteiger partial charge in [0.15, 0.2) is 11.9 Å². The van der Waals surface area contributed by atoms with Crippen molar-refractivity contribution in [3.8, 4) is 0 Å². The molecule has 2 aromatic rings. The van der Waals surface area contributed by atoms with Crippen LogP contribution in [-0.2, 0) is 33.3 Å². The van der Waals surface area contributed by atoms with Gasteiger partial charge in [0.25, 0.3) is 0 Å². The number of fused-ring (bicyclic) bond motifs is 5. The number of Topliss-reactive ketones (excluding diaryl/α,β-unsaturated/α-hetero) is 1. The second-order valence-electron chi connectivity index (χ2n) is 16.6. The van der Waals surface area contributed by atoms with Gasteiger partial charge in [-0.15, -0.1) is 0 Å². The highest BCUT2D eigenvalue weighted by Gasteiger charge is 2.77. The van der Waals surface area contributed by atoms with Crippen molar-refractivity contribution in [2.75, 3.05) is 0 Å². The Morgan fingerprint density at radius 3 is 2.16 bits per heavy atom. The highest BCUT2D eigenvalue weighted by atomic mass is 16.6. The average molecular weight is 815 g/mol. The number of aliphatic hydroxyl groups is 4. The van der Waals surface area contributed by atoms with E-state index in [0.717, 1.165) is 6.92 Å². The van der Waals surface area contributed by atoms with Crippen LogP contribution in [0.25, 0.3) is 0 Å². The van der Waals surface area contributed by atoms with Crippen molar-refractivity contribution in [3.05, 3.63) is 82.9 Å². The zero-order valence-electron chi connectivity index (χ0n) is 41.7. The third-order valence-electron chi connectivity index (χ3n) is 13.0. The van der Waals surface area contributed by atoms with Gasteiger partial charge in [-0.05, 0) is 82.5 Å². The van der Waals surface area contributed by atoms with E-state index < -0.39 is 133 Å². The highest BCUT2D eigenvalue weighted by Crippen LogP contribution is 2.67. The van der Waals surface area contributed by atoms with Gasteiger partial charge in [-0.3, -0.25) is 9.59 Å². The van der Waals surface area contributed by atoms with Crippen LogP contribution in [0.5, 0.6) is 0 Å². The van der Waals surface area contributed by atoms with Crippen molar-refractivity contribution < 1.29 is 75.7 Å². The first kappa shape index (κ1) is 32.2. The molecule has 6 rings (SSSR count). The van der Waals surface area contributed by atoms with E-state index in [4.69, 9.17) is 31.3 Å². The molecule has 2 bridgehead atoms. The molecule has 3 saturated carbocycles. The minimum absolute atomic E-state index is 0.00535. The topological polar surface area (TPSA) is 215 Å². The number of nitrogens with one attached hydrogen (secondary N) is 1. The lowest BCUT2D eigenvalue weighted by Gasteiger charge is -2.68. The number of aliphatic hydroxyl groups excluding tert-OH is 3. The third kappa shape index (κ3) is 7.11. The summed E-state index contributed by atoms with van der Waals surface area (Å²) in [7, 11) is 0. The number of amides is 1. The predicted molar refractivity (Wildman–Crippen MR) is 207 cm³/mol. The number of hydrogen-bond acceptors (Lipinski definition) is 13. The van der Waals surface area contributed by atoms with Crippen molar-refractivity contribution in [3.63, 3.8) is 0 Å². The molecule has 0 unspecified atom stereocenters. The smallest absolute Gasteiger partial charge is 0.408 e. The first-order valence-electron chi connectivity index (χ1n) is 23.5. The molecule has 4 aliphatic rings. The summed E-state index contributed by atoms with van der Waals surface area (Å²) in [5, 5.41) is 51.5. The maximum atomic E-state index is 15.1. The van der Waals surface area contributed by atoms with E-state index in [2.05, 4.69) is 0 Å². The molecular weight excluding hydrogens is 750 g/mol. The van der Waals surface area contributed by atoms with Gasteiger partial charge in [-0.25, -0.2) is 14.4 Å². The minimum Gasteiger partial charge on any atom is -0.458 e. The van der Waals surface area contributed by atoms with E-state index in [1.54, 1.807) is 18.2 Å². The normalized spacial score (nSPS) is 36.6. The molecule has 0 aromatic heterocycles. The molecular formula is C44H55NO13. The van der Waals surface area contributed by atoms with Crippen LogP contribution in [0.3, 0.4) is 0 Å². The molecule has 0 spiro atoms. The van der Waals surface area contributed by atoms with E-state index in [9.17, 15) is 39.6 Å². The van der Waals surface area contributed by atoms with Gasteiger partial charge < -0.3 is 44.7 Å². The fourth-order valence-corrected chi connectivity index (χ4v) is 9.96. The van der Waals surface area contributed by atoms with Gasteiger partial charge in [-0.1, -0.05) is 62.4 Å². The van der Waals surface area contributed by atoms with Crippen LogP contribution in [0.2, 0.25) is 0 Å². The number of carbonyl (C=O) groups excluding carboxylic acids is 5. The SMILES string of the molecule is [2H]C([2H])([2H])C(OC(=O)N[C@@H](c1ccccc1)[C@@H](O)C(=O)O[C@H]1C[C@@]2(O)[C@@H](OC(=O)c3ccccc3)[C@@H]3[C@]4(OC(C)=O)CC[C@@H]4C[C@H](O)[C@@]3(C)C(=O)[C@H](O)C(=C1C)C2(C)C)(C([2H])([2H])[2H])C([2H])([2H])[2H]. The standard InChI is InChI=1S/C44H55NO13/c1-23-28(55-38(52)33(49)31(25-15-11-9-12-16-25)45-39(53)58-40(3,4)5)22-44(54)36(56-37(51)26-17-13-10-14-18-26)34-42(8,35(50)32(48)30(23)41(44,6)7)29(47)21-27-19-20-43(27,34)57-24(2)46/h9-18,27-29,31-34,36,47-49,54H,19-22H2,1-8H3,(H,45,53)/t27-,28+,29+,31+,32-,33-,34+,36+,42-,43+,44-/m1/s1/i3D3,4D3,5D3. The van der Waals surface area contributed by atoms with E-state index in [1.807, 2.05) is 5.32 Å². The van der Waals surface area contributed by atoms with Crippen LogP contribution in [0.1, 0.15) is 115 Å². The molecule has 0 aliphatic heterocycles. The largest absolute Gasteiger partial charge is 0.458 e. The van der Waals surface area contributed by atoms with Crippen molar-refractivity contribution in [1.82, 2.24) is 5.32 Å². The molecule has 58 heavy (non-hydrogen) atoms. The van der Waals surface area contributed by atoms with Crippen molar-refractivity contribution >= 4 is 29.8 Å². The molecule has 2 aromatic carbocycles. The Bertz CT molecular complexity index is 2270. The lowest BCUT2D eigenvalue weighted by molar-refractivity contribution is -0.296. The molecule has 0 radical (unpaired) electrons. The minimum atomic E-state index is -4.09. The number of carbonyl (C=O) groups is 5. The molecule has 3 fully saturated rings. The zero-order chi connectivity index (χ0) is 50.2. The molecule has 14 heteroatoms. The summed E-state index contributed by atoms with van der Waals surface area (Å²) in [6.45, 7) is -5.10. The molecule has 5 N–H and O–H groups in total. The summed E-state index contributed by atoms with van der Waals surface area (Å²) in [5.74, 6) is -6.42. The summed E-state index contributed by atoms with van der Waals surface area (Å²) < 4.78 is 93.7. The Morgan fingerprint density at radius 1 is 0.966 bits per heavy atom. The van der Waals surface area contributed by atoms with Crippen molar-refractivity contribution in [1.29, 1.82) is 0 Å². The lowest BCUT2D eigenvalue weighted by atomic mass is 9.41. The molecule has 1 amide bonds. The van der Waals surface area contributed by atoms with E-state index >= 15 is 4.79 Å². The predicted octanol–water partition coefficient (Wildman–Crippen LogP) is 4.27. The van der Waals surface area contributed by atoms with Gasteiger partial charge in [0.1, 0.15) is 35.1 Å². The summed E-state index contributed by atoms with van der Waals surface area (Å²) in [4.78, 5) is 70.1. The van der Waals surface area contributed by atoms with Crippen LogP contribution in [-0.4, -0.2) is 97.5 Å². The fourth-order valence-electron chi connectivity index (χ4n) is 9.96. The number of alkyl carbamates (subject to hydrolysis) is 1. The van der Waals surface area contributed by atoms with Gasteiger partial charge in [0, 0.05) is 37.0 Å². The zero-order valence-corrected chi connectivity index (χ0v) is 32.7. The second-order valence-corrected chi connectivity index (χ2v) is 16.6. The highest BCUT2D eigenvalue weighted by molar-refractivity contribution is 5.94. The Labute approximate surface area is 350 Å². The molecule has 11 atom stereocenters. The van der Waals surface area contributed by atoms with E-state index in [1.165, 1.54) is 70.2 Å². The quantitative estimate of drug-likeness (QED) is 0.143. The van der Waals surface area contributed by atoms with E-state index in [-0.39, 0.29) is 35.1 Å². The second kappa shape index (κ2) is 15.2. The lowest BCUT2D eigenvalue weighted by Crippen LogP contribution is -2.78. The van der Waals surface area contributed by atoms with Crippen molar-refractivity contribution in [2.45, 2.75) is 134 Å². The summed E-state index contributed by atoms with van der Waals surface area (Å²) in [6, 6.07) is 12.6. The monoisotopic (exact) mass is 814 g/mol. The van der Waals surface area contributed by atoms with Crippen LogP contribution < -0.4 is 5.32 Å². The van der Waals surface area contributed by atoms with Gasteiger partial charge in [0.2, 0.25) is 0 Å². The summed E-state index contributed by atoms with van der Waals surface area (Å²) in [6.07, 6.45) is -11.9. The fraction of sp³-hybridized carbons (Fsp3) is 0.568. The molecule has 0 saturated heterocycles. The number of benzene rings is 2. The molecule has 4 aliphatic carbocycles. The summed E-state index contributed by atoms with van der Waals surface area (Å²) in [5.41, 5.74) is -12.3. The van der Waals surface area contributed by atoms with Crippen LogP contribution in [0.4, 0.5) is 4.79 Å². The van der Waals surface area contributed by atoms with Crippen LogP contribution >= 0.6 is 0 Å². The summed E-state index contributed by atoms with van der Waals surface area (Å²) >= 11 is 0. The van der Waals surface area contributed by atoms with Crippen molar-refractivity contribution in [2.24, 2.45) is 22.7 Å². The average Bonchev–Trinajstić information content (AvgIpc) is 3.22. The number of esters is 3. The molecule has 14 nitrogen and oxygen atoms in total. The Balaban J connectivity index is 1.46. The number of ketones is 1. The maximum absolute atomic E-state index is 15.1. The van der Waals surface area contributed by atoms with Crippen LogP contribution in [0.15, 0.2) is 71.8 Å². The first-order chi connectivity index (χ1) is 30.7. The van der Waals surface area contributed by atoms with Crippen LogP contribution in [0, 0.1) is 22.7 Å². The first-order valence-corrected chi connectivity index (χ1v) is 19.0. The van der Waals surface area contributed by atoms with Gasteiger partial charge >= 0.3 is 24.0 Å².